The number of carbonyl (C=O) groups excluding carboxylic acids is 1. The molecule has 0 amide bonds. The average Bonchev–Trinajstić information content (AvgIpc) is 3.10. The minimum absolute atomic E-state index is 0.0264. The van der Waals surface area contributed by atoms with Gasteiger partial charge in [-0.25, -0.2) is 9.78 Å². The summed E-state index contributed by atoms with van der Waals surface area (Å²) in [6.07, 6.45) is 0. The highest BCUT2D eigenvalue weighted by atomic mass is 79.9. The Hall–Kier alpha value is -2.53. The number of anilines is 1. The Bertz CT molecular complexity index is 1170. The monoisotopic (exact) mass is 534 g/mol. The molecule has 0 saturated carbocycles. The second kappa shape index (κ2) is 10.4. The normalized spacial score (nSPS) is 11.8. The van der Waals surface area contributed by atoms with Gasteiger partial charge in [0.25, 0.3) is 0 Å². The van der Waals surface area contributed by atoms with Gasteiger partial charge in [-0.15, -0.1) is 0 Å². The van der Waals surface area contributed by atoms with E-state index in [4.69, 9.17) is 27.9 Å². The van der Waals surface area contributed by atoms with Crippen molar-refractivity contribution in [1.29, 1.82) is 5.26 Å². The van der Waals surface area contributed by atoms with Crippen LogP contribution in [0.15, 0.2) is 47.2 Å². The molecule has 1 heterocycles. The van der Waals surface area contributed by atoms with Crippen molar-refractivity contribution >= 4 is 50.8 Å². The lowest BCUT2D eigenvalue weighted by molar-refractivity contribution is 0.0518. The van der Waals surface area contributed by atoms with Crippen molar-refractivity contribution in [2.45, 2.75) is 32.9 Å². The first-order valence-corrected chi connectivity index (χ1v) is 11.5. The number of benzene rings is 2. The molecular weight excluding hydrogens is 515 g/mol. The fourth-order valence-corrected chi connectivity index (χ4v) is 4.46. The summed E-state index contributed by atoms with van der Waals surface area (Å²) < 4.78 is 7.69. The Labute approximate surface area is 205 Å². The molecule has 3 rings (SSSR count). The molecule has 32 heavy (non-hydrogen) atoms. The maximum absolute atomic E-state index is 12.8. The number of hydrogen-bond donors (Lipinski definition) is 1. The van der Waals surface area contributed by atoms with Crippen molar-refractivity contribution in [3.05, 3.63) is 79.8 Å². The Morgan fingerprint density at radius 3 is 2.47 bits per heavy atom. The predicted octanol–water partition coefficient (Wildman–Crippen LogP) is 6.78. The van der Waals surface area contributed by atoms with E-state index in [0.717, 1.165) is 5.56 Å². The lowest BCUT2D eigenvalue weighted by atomic mass is 10.00. The fraction of sp³-hybridized carbons (Fsp3) is 0.261. The van der Waals surface area contributed by atoms with Crippen LogP contribution in [-0.4, -0.2) is 22.1 Å². The number of nitrogens with zero attached hydrogens (tertiary/aromatic N) is 3. The molecular formula is C23H21BrCl2N4O2. The lowest BCUT2D eigenvalue weighted by Gasteiger charge is -2.25. The van der Waals surface area contributed by atoms with Crippen molar-refractivity contribution in [2.24, 2.45) is 0 Å². The lowest BCUT2D eigenvalue weighted by Crippen LogP contribution is -2.22. The van der Waals surface area contributed by atoms with Crippen LogP contribution in [0.25, 0.3) is 0 Å². The van der Waals surface area contributed by atoms with E-state index in [0.29, 0.717) is 31.7 Å². The van der Waals surface area contributed by atoms with Gasteiger partial charge < -0.3 is 14.6 Å². The summed E-state index contributed by atoms with van der Waals surface area (Å²) in [7, 11) is 0. The predicted molar refractivity (Wildman–Crippen MR) is 129 cm³/mol. The van der Waals surface area contributed by atoms with Crippen molar-refractivity contribution < 1.29 is 9.53 Å². The zero-order valence-electron chi connectivity index (χ0n) is 17.7. The highest BCUT2D eigenvalue weighted by Gasteiger charge is 2.31. The summed E-state index contributed by atoms with van der Waals surface area (Å²) in [6.45, 7) is 5.94. The number of imidazole rings is 1. The average molecular weight is 536 g/mol. The number of halogens is 3. The maximum atomic E-state index is 12.8. The Morgan fingerprint density at radius 2 is 1.88 bits per heavy atom. The Morgan fingerprint density at radius 1 is 1.22 bits per heavy atom. The van der Waals surface area contributed by atoms with Gasteiger partial charge in [0.1, 0.15) is 6.07 Å². The minimum Gasteiger partial charge on any atom is -0.461 e. The molecule has 0 bridgehead atoms. The van der Waals surface area contributed by atoms with Crippen LogP contribution in [0, 0.1) is 11.3 Å². The molecule has 0 aliphatic carbocycles. The van der Waals surface area contributed by atoms with Crippen molar-refractivity contribution in [1.82, 2.24) is 9.55 Å². The van der Waals surface area contributed by atoms with Crippen LogP contribution in [0.2, 0.25) is 10.0 Å². The zero-order chi connectivity index (χ0) is 23.4. The summed E-state index contributed by atoms with van der Waals surface area (Å²) in [5, 5.41) is 14.1. The number of aromatic nitrogens is 2. The largest absolute Gasteiger partial charge is 0.461 e. The molecule has 0 aliphatic heterocycles. The first-order chi connectivity index (χ1) is 15.3. The maximum Gasteiger partial charge on any atom is 0.358 e. The second-order valence-electron chi connectivity index (χ2n) is 7.23. The smallest absolute Gasteiger partial charge is 0.358 e. The molecule has 166 valence electrons. The van der Waals surface area contributed by atoms with Gasteiger partial charge in [0, 0.05) is 16.1 Å². The molecule has 1 N–H and O–H groups in total. The molecule has 0 radical (unpaired) electrons. The molecule has 1 unspecified atom stereocenters. The van der Waals surface area contributed by atoms with Gasteiger partial charge in [-0.05, 0) is 72.6 Å². The standard InChI is InChI=1S/C23H21BrCl2N4O2/c1-4-32-22(31)20-21(30(13(2)3)23(24)29-20)19(14-5-8-16(25)9-6-14)28-18-11-17(26)10-7-15(18)12-27/h5-11,13,19,28H,4H2,1-3H3. The van der Waals surface area contributed by atoms with E-state index in [1.54, 1.807) is 37.3 Å². The Kier molecular flexibility index (Phi) is 7.83. The summed E-state index contributed by atoms with van der Waals surface area (Å²) in [4.78, 5) is 17.3. The van der Waals surface area contributed by atoms with Crippen LogP contribution in [0.4, 0.5) is 5.69 Å². The van der Waals surface area contributed by atoms with Crippen molar-refractivity contribution in [3.8, 4) is 6.07 Å². The summed E-state index contributed by atoms with van der Waals surface area (Å²) >= 11 is 15.8. The molecule has 0 saturated heterocycles. The third-order valence-corrected chi connectivity index (χ3v) is 5.82. The first kappa shape index (κ1) is 24.1. The number of esters is 1. The summed E-state index contributed by atoms with van der Waals surface area (Å²) in [5.41, 5.74) is 2.54. The topological polar surface area (TPSA) is 79.9 Å². The van der Waals surface area contributed by atoms with Crippen molar-refractivity contribution in [3.63, 3.8) is 0 Å². The number of hydrogen-bond acceptors (Lipinski definition) is 5. The van der Waals surface area contributed by atoms with Crippen LogP contribution >= 0.6 is 39.1 Å². The first-order valence-electron chi connectivity index (χ1n) is 9.93. The summed E-state index contributed by atoms with van der Waals surface area (Å²) in [5.74, 6) is -0.532. The molecule has 9 heteroatoms. The Balaban J connectivity index is 2.27. The molecule has 1 aromatic heterocycles. The van der Waals surface area contributed by atoms with Crippen LogP contribution in [0.1, 0.15) is 60.2 Å². The molecule has 0 fully saturated rings. The van der Waals surface area contributed by atoms with E-state index in [9.17, 15) is 10.1 Å². The molecule has 3 aromatic rings. The molecule has 0 spiro atoms. The number of ether oxygens (including phenoxy) is 1. The van der Waals surface area contributed by atoms with Gasteiger partial charge in [0.05, 0.1) is 29.6 Å². The number of rotatable bonds is 7. The van der Waals surface area contributed by atoms with Gasteiger partial charge >= 0.3 is 5.97 Å². The van der Waals surface area contributed by atoms with E-state index in [1.807, 2.05) is 30.5 Å². The number of carbonyl (C=O) groups is 1. The van der Waals surface area contributed by atoms with E-state index < -0.39 is 12.0 Å². The third kappa shape index (κ3) is 5.09. The third-order valence-electron chi connectivity index (χ3n) is 4.77. The SMILES string of the molecule is CCOC(=O)c1nc(Br)n(C(C)C)c1C(Nc1cc(Cl)ccc1C#N)c1ccc(Cl)cc1. The zero-order valence-corrected chi connectivity index (χ0v) is 20.8. The molecule has 1 atom stereocenters. The quantitative estimate of drug-likeness (QED) is 0.337. The van der Waals surface area contributed by atoms with E-state index in [-0.39, 0.29) is 18.3 Å². The van der Waals surface area contributed by atoms with Gasteiger partial charge in [0.15, 0.2) is 10.4 Å². The minimum atomic E-state index is -0.557. The van der Waals surface area contributed by atoms with Crippen LogP contribution in [0.5, 0.6) is 0 Å². The van der Waals surface area contributed by atoms with Crippen LogP contribution in [-0.2, 0) is 4.74 Å². The van der Waals surface area contributed by atoms with Gasteiger partial charge in [-0.2, -0.15) is 5.26 Å². The van der Waals surface area contributed by atoms with E-state index >= 15 is 0 Å². The van der Waals surface area contributed by atoms with E-state index in [1.165, 1.54) is 0 Å². The number of nitriles is 1. The highest BCUT2D eigenvalue weighted by Crippen LogP contribution is 2.36. The second-order valence-corrected chi connectivity index (χ2v) is 8.81. The summed E-state index contributed by atoms with van der Waals surface area (Å²) in [6, 6.07) is 13.8. The van der Waals surface area contributed by atoms with Crippen molar-refractivity contribution in [2.75, 3.05) is 11.9 Å². The van der Waals surface area contributed by atoms with Gasteiger partial charge in [-0.3, -0.25) is 0 Å². The van der Waals surface area contributed by atoms with Crippen LogP contribution < -0.4 is 5.32 Å². The molecule has 6 nitrogen and oxygen atoms in total. The fourth-order valence-electron chi connectivity index (χ4n) is 3.39. The number of nitrogens with one attached hydrogen (secondary N) is 1. The van der Waals surface area contributed by atoms with Gasteiger partial charge in [0.2, 0.25) is 0 Å². The van der Waals surface area contributed by atoms with Crippen LogP contribution in [0.3, 0.4) is 0 Å². The molecule has 0 aliphatic rings. The molecule has 2 aromatic carbocycles. The van der Waals surface area contributed by atoms with Gasteiger partial charge in [-0.1, -0.05) is 35.3 Å². The highest BCUT2D eigenvalue weighted by molar-refractivity contribution is 9.10. The van der Waals surface area contributed by atoms with E-state index in [2.05, 4.69) is 32.3 Å².